The lowest BCUT2D eigenvalue weighted by Gasteiger charge is -2.32. The highest BCUT2D eigenvalue weighted by Crippen LogP contribution is 2.37. The number of aryl methyl sites for hydroxylation is 1. The molecule has 0 aliphatic heterocycles. The monoisotopic (exact) mass is 507 g/mol. The third-order valence-corrected chi connectivity index (χ3v) is 8.48. The van der Waals surface area contributed by atoms with Crippen LogP contribution in [-0.2, 0) is 10.0 Å². The molecule has 1 aromatic carbocycles. The summed E-state index contributed by atoms with van der Waals surface area (Å²) in [5, 5.41) is 3.81. The van der Waals surface area contributed by atoms with Crippen LogP contribution in [0, 0.1) is 12.7 Å². The Morgan fingerprint density at radius 2 is 2.06 bits per heavy atom. The van der Waals surface area contributed by atoms with Gasteiger partial charge in [-0.25, -0.2) is 27.5 Å². The van der Waals surface area contributed by atoms with Gasteiger partial charge in [0.2, 0.25) is 10.0 Å². The molecule has 0 radical (unpaired) electrons. The number of carbonyl (C=O) groups is 1. The molecule has 4 rings (SSSR count). The van der Waals surface area contributed by atoms with Crippen LogP contribution in [0.1, 0.15) is 47.8 Å². The van der Waals surface area contributed by atoms with Gasteiger partial charge in [0, 0.05) is 6.07 Å². The average Bonchev–Trinajstić information content (AvgIpc) is 3.14. The minimum absolute atomic E-state index is 0.0278. The second-order valence-corrected chi connectivity index (χ2v) is 11.2. The molecule has 4 N–H and O–H groups in total. The third-order valence-electron chi connectivity index (χ3n) is 5.84. The zero-order chi connectivity index (χ0) is 24.5. The first-order chi connectivity index (χ1) is 16.2. The number of rotatable bonds is 8. The largest absolute Gasteiger partial charge is 0.486 e. The molecule has 0 saturated heterocycles. The summed E-state index contributed by atoms with van der Waals surface area (Å²) < 4.78 is 47.4. The normalized spacial score (nSPS) is 18.7. The molecule has 2 aromatic heterocycles. The van der Waals surface area contributed by atoms with Crippen molar-refractivity contribution in [2.45, 2.75) is 51.7 Å². The van der Waals surface area contributed by atoms with E-state index in [1.54, 1.807) is 13.8 Å². The van der Waals surface area contributed by atoms with E-state index in [0.29, 0.717) is 45.0 Å². The summed E-state index contributed by atoms with van der Waals surface area (Å²) in [7, 11) is -3.42. The summed E-state index contributed by atoms with van der Waals surface area (Å²) in [6.07, 6.45) is 3.95. The zero-order valence-corrected chi connectivity index (χ0v) is 20.4. The third kappa shape index (κ3) is 5.13. The summed E-state index contributed by atoms with van der Waals surface area (Å²) in [5.41, 5.74) is 6.59. The molecule has 1 aliphatic rings. The molecule has 0 spiro atoms. The second kappa shape index (κ2) is 9.80. The highest BCUT2D eigenvalue weighted by atomic mass is 32.2. The predicted octanol–water partition coefficient (Wildman–Crippen LogP) is 3.61. The number of nitrogens with zero attached hydrogens (tertiary/aromatic N) is 2. The number of amides is 1. The van der Waals surface area contributed by atoms with E-state index in [1.807, 2.05) is 0 Å². The Kier molecular flexibility index (Phi) is 7.01. The Labute approximate surface area is 201 Å². The van der Waals surface area contributed by atoms with Crippen molar-refractivity contribution >= 4 is 49.0 Å². The Bertz CT molecular complexity index is 1330. The summed E-state index contributed by atoms with van der Waals surface area (Å²) >= 11 is 1.18. The number of primary amides is 1. The summed E-state index contributed by atoms with van der Waals surface area (Å²) in [6, 6.07) is 3.68. The van der Waals surface area contributed by atoms with Gasteiger partial charge in [-0.05, 0) is 50.8 Å². The van der Waals surface area contributed by atoms with Crippen molar-refractivity contribution in [2.24, 2.45) is 5.73 Å². The molecule has 2 unspecified atom stereocenters. The number of aromatic nitrogens is 2. The molecule has 12 heteroatoms. The van der Waals surface area contributed by atoms with Gasteiger partial charge < -0.3 is 15.8 Å². The zero-order valence-electron chi connectivity index (χ0n) is 18.8. The van der Waals surface area contributed by atoms with Crippen LogP contribution in [0.15, 0.2) is 24.5 Å². The van der Waals surface area contributed by atoms with Crippen LogP contribution < -0.4 is 20.5 Å². The number of sulfonamides is 1. The van der Waals surface area contributed by atoms with Gasteiger partial charge in [-0.3, -0.25) is 4.79 Å². The maximum absolute atomic E-state index is 14.2. The first-order valence-corrected chi connectivity index (χ1v) is 13.4. The lowest BCUT2D eigenvalue weighted by Crippen LogP contribution is -2.48. The highest BCUT2D eigenvalue weighted by molar-refractivity contribution is 7.89. The Morgan fingerprint density at radius 1 is 1.29 bits per heavy atom. The summed E-state index contributed by atoms with van der Waals surface area (Å²) in [6.45, 7) is 3.34. The second-order valence-electron chi connectivity index (χ2n) is 8.16. The molecule has 0 bridgehead atoms. The van der Waals surface area contributed by atoms with E-state index >= 15 is 0 Å². The van der Waals surface area contributed by atoms with Crippen molar-refractivity contribution in [1.82, 2.24) is 14.7 Å². The van der Waals surface area contributed by atoms with Crippen LogP contribution in [0.3, 0.4) is 0 Å². The molecule has 1 aliphatic carbocycles. The molecule has 1 saturated carbocycles. The number of benzene rings is 1. The molecule has 3 aromatic rings. The number of carbonyl (C=O) groups excluding carboxylic acids is 1. The molecule has 2 atom stereocenters. The van der Waals surface area contributed by atoms with Crippen LogP contribution >= 0.6 is 11.3 Å². The molecular formula is C22H26FN5O4S2. The lowest BCUT2D eigenvalue weighted by molar-refractivity contribution is 0.100. The van der Waals surface area contributed by atoms with Crippen molar-refractivity contribution in [3.8, 4) is 5.75 Å². The van der Waals surface area contributed by atoms with Crippen molar-refractivity contribution in [3.63, 3.8) is 0 Å². The number of nitrogens with one attached hydrogen (secondary N) is 2. The van der Waals surface area contributed by atoms with Crippen LogP contribution in [0.2, 0.25) is 0 Å². The van der Waals surface area contributed by atoms with Crippen molar-refractivity contribution in [3.05, 3.63) is 40.8 Å². The molecule has 2 heterocycles. The minimum atomic E-state index is -3.42. The number of hydrogen-bond acceptors (Lipinski definition) is 8. The Balaban J connectivity index is 1.66. The predicted molar refractivity (Wildman–Crippen MR) is 130 cm³/mol. The van der Waals surface area contributed by atoms with Crippen LogP contribution in [-0.4, -0.2) is 42.2 Å². The van der Waals surface area contributed by atoms with E-state index < -0.39 is 33.9 Å². The standard InChI is InChI=1S/C22H26FN5O4S2/c1-3-34(30,31)28-15-6-4-5-7-16(15)32-17-10-13(23)8-9-14(17)27-21-18-12(2)19(20(24)29)33-22(18)26-11-25-21/h8-11,15-16,28H,3-7H2,1-2H3,(H2,24,29)(H,25,26,27). The van der Waals surface area contributed by atoms with Gasteiger partial charge in [0.25, 0.3) is 5.91 Å². The van der Waals surface area contributed by atoms with E-state index in [0.717, 1.165) is 12.8 Å². The van der Waals surface area contributed by atoms with Gasteiger partial charge in [0.05, 0.1) is 27.7 Å². The molecule has 1 fully saturated rings. The van der Waals surface area contributed by atoms with Gasteiger partial charge in [-0.2, -0.15) is 0 Å². The molecule has 34 heavy (non-hydrogen) atoms. The van der Waals surface area contributed by atoms with E-state index in [2.05, 4.69) is 20.0 Å². The van der Waals surface area contributed by atoms with Gasteiger partial charge in [-0.15, -0.1) is 11.3 Å². The van der Waals surface area contributed by atoms with Gasteiger partial charge in [-0.1, -0.05) is 6.42 Å². The maximum atomic E-state index is 14.2. The quantitative estimate of drug-likeness (QED) is 0.424. The molecular weight excluding hydrogens is 481 g/mol. The SMILES string of the molecule is CCS(=O)(=O)NC1CCCCC1Oc1cc(F)ccc1Nc1ncnc2sc(C(N)=O)c(C)c12. The van der Waals surface area contributed by atoms with Gasteiger partial charge in [0.15, 0.2) is 0 Å². The molecule has 1 amide bonds. The van der Waals surface area contributed by atoms with E-state index in [1.165, 1.54) is 35.9 Å². The fraction of sp³-hybridized carbons (Fsp3) is 0.409. The topological polar surface area (TPSA) is 136 Å². The average molecular weight is 508 g/mol. The van der Waals surface area contributed by atoms with Gasteiger partial charge >= 0.3 is 0 Å². The van der Waals surface area contributed by atoms with Crippen molar-refractivity contribution in [1.29, 1.82) is 0 Å². The first kappa shape index (κ1) is 24.3. The number of hydrogen-bond donors (Lipinski definition) is 3. The van der Waals surface area contributed by atoms with E-state index in [9.17, 15) is 17.6 Å². The number of anilines is 2. The van der Waals surface area contributed by atoms with E-state index in [4.69, 9.17) is 10.5 Å². The number of thiophene rings is 1. The fourth-order valence-electron chi connectivity index (χ4n) is 4.08. The molecule has 9 nitrogen and oxygen atoms in total. The lowest BCUT2D eigenvalue weighted by atomic mass is 9.93. The molecule has 182 valence electrons. The van der Waals surface area contributed by atoms with Crippen LogP contribution in [0.5, 0.6) is 5.75 Å². The van der Waals surface area contributed by atoms with Gasteiger partial charge in [0.1, 0.15) is 34.6 Å². The van der Waals surface area contributed by atoms with Crippen molar-refractivity contribution in [2.75, 3.05) is 11.1 Å². The number of fused-ring (bicyclic) bond motifs is 1. The minimum Gasteiger partial charge on any atom is -0.486 e. The smallest absolute Gasteiger partial charge is 0.259 e. The van der Waals surface area contributed by atoms with Crippen LogP contribution in [0.4, 0.5) is 15.9 Å². The maximum Gasteiger partial charge on any atom is 0.259 e. The first-order valence-electron chi connectivity index (χ1n) is 11.0. The Morgan fingerprint density at radius 3 is 2.79 bits per heavy atom. The van der Waals surface area contributed by atoms with E-state index in [-0.39, 0.29) is 11.5 Å². The van der Waals surface area contributed by atoms with Crippen LogP contribution in [0.25, 0.3) is 10.2 Å². The number of halogens is 1. The number of ether oxygens (including phenoxy) is 1. The summed E-state index contributed by atoms with van der Waals surface area (Å²) in [4.78, 5) is 21.3. The Hall–Kier alpha value is -2.83. The summed E-state index contributed by atoms with van der Waals surface area (Å²) in [5.74, 6) is -0.398. The van der Waals surface area contributed by atoms with Crippen molar-refractivity contribution < 1.29 is 22.3 Å². The fourth-order valence-corrected chi connectivity index (χ4v) is 5.97. The number of nitrogens with two attached hydrogens (primary N) is 1. The highest BCUT2D eigenvalue weighted by Gasteiger charge is 2.30.